The maximum absolute atomic E-state index is 12.2. The number of hydrogen-bond donors (Lipinski definition) is 1. The molecule has 0 aliphatic rings. The van der Waals surface area contributed by atoms with Crippen molar-refractivity contribution in [1.29, 1.82) is 0 Å². The van der Waals surface area contributed by atoms with E-state index in [0.29, 0.717) is 5.69 Å². The van der Waals surface area contributed by atoms with Crippen molar-refractivity contribution in [3.63, 3.8) is 0 Å². The van der Waals surface area contributed by atoms with Crippen molar-refractivity contribution in [2.45, 2.75) is 19.9 Å². The first-order chi connectivity index (χ1) is 8.52. The van der Waals surface area contributed by atoms with Crippen LogP contribution in [0.3, 0.4) is 0 Å². The fourth-order valence-corrected chi connectivity index (χ4v) is 1.68. The Balaban J connectivity index is 2.63. The van der Waals surface area contributed by atoms with E-state index in [4.69, 9.17) is 0 Å². The third-order valence-electron chi connectivity index (χ3n) is 2.93. The average Bonchev–Trinajstić information content (AvgIpc) is 2.65. The maximum atomic E-state index is 12.2. The van der Waals surface area contributed by atoms with Gasteiger partial charge in [-0.05, 0) is 26.0 Å². The minimum absolute atomic E-state index is 0.241. The van der Waals surface area contributed by atoms with E-state index in [-0.39, 0.29) is 11.7 Å². The van der Waals surface area contributed by atoms with Crippen molar-refractivity contribution in [1.82, 2.24) is 14.3 Å². The predicted molar refractivity (Wildman–Crippen MR) is 70.2 cm³/mol. The van der Waals surface area contributed by atoms with Crippen LogP contribution in [-0.4, -0.2) is 14.3 Å². The standard InChI is InChI=1S/C13H15N3O2/c1-9(2)10(3)16-13(18)15(12(17)14-16)11-7-5-4-6-8-11/h4-8,10H,1H2,2-3H3,(H,14,17). The third-order valence-corrected chi connectivity index (χ3v) is 2.93. The summed E-state index contributed by atoms with van der Waals surface area (Å²) in [5, 5.41) is 2.54. The number of benzene rings is 1. The zero-order valence-corrected chi connectivity index (χ0v) is 10.4. The highest BCUT2D eigenvalue weighted by Crippen LogP contribution is 2.10. The highest BCUT2D eigenvalue weighted by atomic mass is 16.2. The molecule has 0 saturated heterocycles. The van der Waals surface area contributed by atoms with Crippen LogP contribution in [0.15, 0.2) is 52.1 Å². The van der Waals surface area contributed by atoms with Gasteiger partial charge in [-0.1, -0.05) is 30.4 Å². The molecule has 0 aliphatic heterocycles. The lowest BCUT2D eigenvalue weighted by molar-refractivity contribution is 0.531. The van der Waals surface area contributed by atoms with Gasteiger partial charge in [0.05, 0.1) is 11.7 Å². The van der Waals surface area contributed by atoms with Crippen LogP contribution in [0.1, 0.15) is 19.9 Å². The molecule has 5 nitrogen and oxygen atoms in total. The average molecular weight is 245 g/mol. The minimum Gasteiger partial charge on any atom is -0.246 e. The van der Waals surface area contributed by atoms with Gasteiger partial charge >= 0.3 is 11.4 Å². The summed E-state index contributed by atoms with van der Waals surface area (Å²) in [5.74, 6) is 0. The molecule has 0 saturated carbocycles. The second-order valence-corrected chi connectivity index (χ2v) is 4.26. The molecule has 5 heteroatoms. The number of H-pyrrole nitrogens is 1. The maximum Gasteiger partial charge on any atom is 0.352 e. The van der Waals surface area contributed by atoms with Gasteiger partial charge in [-0.15, -0.1) is 0 Å². The highest BCUT2D eigenvalue weighted by molar-refractivity contribution is 5.30. The molecule has 1 atom stereocenters. The van der Waals surface area contributed by atoms with Crippen LogP contribution in [0.5, 0.6) is 0 Å². The summed E-state index contributed by atoms with van der Waals surface area (Å²) in [6.45, 7) is 7.42. The Kier molecular flexibility index (Phi) is 3.06. The Morgan fingerprint density at radius 2 is 1.89 bits per heavy atom. The normalized spacial score (nSPS) is 12.3. The molecule has 2 aromatic rings. The quantitative estimate of drug-likeness (QED) is 0.832. The van der Waals surface area contributed by atoms with Gasteiger partial charge in [-0.3, -0.25) is 0 Å². The predicted octanol–water partition coefficient (Wildman–Crippen LogP) is 1.46. The van der Waals surface area contributed by atoms with Crippen molar-refractivity contribution >= 4 is 0 Å². The van der Waals surface area contributed by atoms with E-state index in [2.05, 4.69) is 11.7 Å². The van der Waals surface area contributed by atoms with Crippen LogP contribution in [0.2, 0.25) is 0 Å². The van der Waals surface area contributed by atoms with Crippen molar-refractivity contribution in [2.24, 2.45) is 0 Å². The Morgan fingerprint density at radius 3 is 2.44 bits per heavy atom. The summed E-state index contributed by atoms with van der Waals surface area (Å²) < 4.78 is 2.40. The summed E-state index contributed by atoms with van der Waals surface area (Å²) in [4.78, 5) is 24.0. The highest BCUT2D eigenvalue weighted by Gasteiger charge is 2.15. The van der Waals surface area contributed by atoms with E-state index < -0.39 is 5.69 Å². The van der Waals surface area contributed by atoms with Crippen LogP contribution >= 0.6 is 0 Å². The summed E-state index contributed by atoms with van der Waals surface area (Å²) >= 11 is 0. The number of rotatable bonds is 3. The molecule has 0 radical (unpaired) electrons. The molecule has 1 aromatic carbocycles. The molecule has 0 amide bonds. The molecule has 0 fully saturated rings. The monoisotopic (exact) mass is 245 g/mol. The number of aromatic nitrogens is 3. The first-order valence-electron chi connectivity index (χ1n) is 5.66. The Labute approximate surface area is 104 Å². The van der Waals surface area contributed by atoms with E-state index >= 15 is 0 Å². The molecule has 1 aromatic heterocycles. The number of para-hydroxylation sites is 1. The van der Waals surface area contributed by atoms with Gasteiger partial charge in [-0.25, -0.2) is 23.9 Å². The summed E-state index contributed by atoms with van der Waals surface area (Å²) in [5.41, 5.74) is 0.524. The van der Waals surface area contributed by atoms with Gasteiger partial charge < -0.3 is 0 Å². The van der Waals surface area contributed by atoms with Crippen LogP contribution in [0, 0.1) is 0 Å². The molecule has 1 unspecified atom stereocenters. The van der Waals surface area contributed by atoms with Gasteiger partial charge in [0, 0.05) is 0 Å². The largest absolute Gasteiger partial charge is 0.352 e. The molecule has 94 valence electrons. The first-order valence-corrected chi connectivity index (χ1v) is 5.66. The first kappa shape index (κ1) is 12.2. The minimum atomic E-state index is -0.445. The molecule has 18 heavy (non-hydrogen) atoms. The van der Waals surface area contributed by atoms with Gasteiger partial charge in [-0.2, -0.15) is 0 Å². The van der Waals surface area contributed by atoms with Crippen molar-refractivity contribution < 1.29 is 0 Å². The van der Waals surface area contributed by atoms with Crippen LogP contribution in [0.4, 0.5) is 0 Å². The summed E-state index contributed by atoms with van der Waals surface area (Å²) in [6, 6.07) is 8.58. The van der Waals surface area contributed by atoms with Crippen molar-refractivity contribution in [3.05, 3.63) is 63.5 Å². The number of nitrogens with one attached hydrogen (secondary N) is 1. The van der Waals surface area contributed by atoms with E-state index in [1.807, 2.05) is 19.9 Å². The molecule has 0 aliphatic carbocycles. The SMILES string of the molecule is C=C(C)C(C)n1[nH]c(=O)n(-c2ccccc2)c1=O. The number of allylic oxidation sites excluding steroid dienone is 1. The van der Waals surface area contributed by atoms with Gasteiger partial charge in [0.15, 0.2) is 0 Å². The third kappa shape index (κ3) is 1.95. The zero-order chi connectivity index (χ0) is 13.3. The molecular weight excluding hydrogens is 230 g/mol. The lowest BCUT2D eigenvalue weighted by Crippen LogP contribution is -2.28. The molecule has 2 rings (SSSR count). The Hall–Kier alpha value is -2.30. The smallest absolute Gasteiger partial charge is 0.246 e. The molecule has 1 heterocycles. The van der Waals surface area contributed by atoms with Crippen LogP contribution < -0.4 is 11.4 Å². The molecule has 1 N–H and O–H groups in total. The Bertz CT molecular complexity index is 676. The Morgan fingerprint density at radius 1 is 1.28 bits per heavy atom. The van der Waals surface area contributed by atoms with Crippen LogP contribution in [-0.2, 0) is 0 Å². The molecule has 0 bridgehead atoms. The van der Waals surface area contributed by atoms with E-state index in [1.165, 1.54) is 4.68 Å². The fraction of sp³-hybridized carbons (Fsp3) is 0.231. The second kappa shape index (κ2) is 4.52. The topological polar surface area (TPSA) is 59.8 Å². The molecule has 0 spiro atoms. The van der Waals surface area contributed by atoms with E-state index in [0.717, 1.165) is 10.1 Å². The van der Waals surface area contributed by atoms with E-state index in [9.17, 15) is 9.59 Å². The lowest BCUT2D eigenvalue weighted by Gasteiger charge is -2.10. The second-order valence-electron chi connectivity index (χ2n) is 4.26. The lowest BCUT2D eigenvalue weighted by atomic mass is 10.2. The number of nitrogens with zero attached hydrogens (tertiary/aromatic N) is 2. The number of hydrogen-bond acceptors (Lipinski definition) is 2. The van der Waals surface area contributed by atoms with Crippen LogP contribution in [0.25, 0.3) is 5.69 Å². The molecular formula is C13H15N3O2. The van der Waals surface area contributed by atoms with Gasteiger partial charge in [0.1, 0.15) is 0 Å². The number of aromatic amines is 1. The van der Waals surface area contributed by atoms with Gasteiger partial charge in [0.2, 0.25) is 0 Å². The van der Waals surface area contributed by atoms with Crippen molar-refractivity contribution in [2.75, 3.05) is 0 Å². The van der Waals surface area contributed by atoms with E-state index in [1.54, 1.807) is 24.3 Å². The summed E-state index contributed by atoms with van der Waals surface area (Å²) in [7, 11) is 0. The zero-order valence-electron chi connectivity index (χ0n) is 10.4. The summed E-state index contributed by atoms with van der Waals surface area (Å²) in [6.07, 6.45) is 0. The van der Waals surface area contributed by atoms with Gasteiger partial charge in [0.25, 0.3) is 0 Å². The fourth-order valence-electron chi connectivity index (χ4n) is 1.68. The van der Waals surface area contributed by atoms with Crippen molar-refractivity contribution in [3.8, 4) is 5.69 Å².